The van der Waals surface area contributed by atoms with E-state index in [1.807, 2.05) is 30.9 Å². The molecule has 0 bridgehead atoms. The van der Waals surface area contributed by atoms with Gasteiger partial charge in [0.2, 0.25) is 0 Å². The molecular weight excluding hydrogens is 242 g/mol. The lowest BCUT2D eigenvalue weighted by Crippen LogP contribution is -2.21. The Kier molecular flexibility index (Phi) is 7.94. The van der Waals surface area contributed by atoms with Gasteiger partial charge >= 0.3 is 0 Å². The van der Waals surface area contributed by atoms with E-state index in [9.17, 15) is 0 Å². The maximum absolute atomic E-state index is 5.43. The van der Waals surface area contributed by atoms with Gasteiger partial charge in [-0.2, -0.15) is 11.8 Å². The highest BCUT2D eigenvalue weighted by atomic mass is 32.2. The molecule has 0 amide bonds. The number of para-hydroxylation sites is 1. The van der Waals surface area contributed by atoms with Crippen LogP contribution in [0, 0.1) is 5.92 Å². The van der Waals surface area contributed by atoms with Crippen molar-refractivity contribution in [2.24, 2.45) is 5.92 Å². The Balaban J connectivity index is 2.58. The largest absolute Gasteiger partial charge is 0.496 e. The van der Waals surface area contributed by atoms with Crippen LogP contribution in [0.4, 0.5) is 0 Å². The molecule has 102 valence electrons. The summed E-state index contributed by atoms with van der Waals surface area (Å²) in [5.74, 6) is 2.97. The van der Waals surface area contributed by atoms with E-state index < -0.39 is 0 Å². The predicted octanol–water partition coefficient (Wildman–Crippen LogP) is 3.22. The minimum atomic E-state index is 0.693. The molecule has 1 atom stereocenters. The fourth-order valence-corrected chi connectivity index (χ4v) is 2.72. The summed E-state index contributed by atoms with van der Waals surface area (Å²) in [4.78, 5) is 0. The Bertz CT molecular complexity index is 330. The SMILES string of the molecule is CNCC(CCCSC)Cc1ccccc1OC. The highest BCUT2D eigenvalue weighted by molar-refractivity contribution is 7.98. The van der Waals surface area contributed by atoms with E-state index in [1.165, 1.54) is 24.2 Å². The second-order valence-corrected chi connectivity index (χ2v) is 5.56. The van der Waals surface area contributed by atoms with Crippen molar-refractivity contribution in [3.8, 4) is 5.75 Å². The maximum atomic E-state index is 5.43. The normalized spacial score (nSPS) is 12.4. The van der Waals surface area contributed by atoms with Crippen LogP contribution in [0.3, 0.4) is 0 Å². The molecule has 3 heteroatoms. The lowest BCUT2D eigenvalue weighted by Gasteiger charge is -2.18. The molecule has 1 aromatic carbocycles. The summed E-state index contributed by atoms with van der Waals surface area (Å²) >= 11 is 1.93. The van der Waals surface area contributed by atoms with Crippen molar-refractivity contribution >= 4 is 11.8 Å². The third kappa shape index (κ3) is 5.32. The Labute approximate surface area is 116 Å². The smallest absolute Gasteiger partial charge is 0.122 e. The van der Waals surface area contributed by atoms with Crippen LogP contribution in [0.5, 0.6) is 5.75 Å². The van der Waals surface area contributed by atoms with Gasteiger partial charge in [-0.1, -0.05) is 18.2 Å². The molecule has 0 aromatic heterocycles. The predicted molar refractivity (Wildman–Crippen MR) is 81.7 cm³/mol. The number of nitrogens with one attached hydrogen (secondary N) is 1. The zero-order valence-corrected chi connectivity index (χ0v) is 12.6. The molecule has 0 aliphatic heterocycles. The van der Waals surface area contributed by atoms with Gasteiger partial charge in [0, 0.05) is 0 Å². The third-order valence-corrected chi connectivity index (χ3v) is 3.85. The van der Waals surface area contributed by atoms with Gasteiger partial charge in [0.15, 0.2) is 0 Å². The first-order chi connectivity index (χ1) is 8.81. The van der Waals surface area contributed by atoms with E-state index in [2.05, 4.69) is 23.7 Å². The van der Waals surface area contributed by atoms with E-state index in [-0.39, 0.29) is 0 Å². The van der Waals surface area contributed by atoms with Crippen molar-refractivity contribution in [2.45, 2.75) is 19.3 Å². The molecule has 18 heavy (non-hydrogen) atoms. The van der Waals surface area contributed by atoms with E-state index in [0.717, 1.165) is 18.7 Å². The molecule has 0 saturated carbocycles. The van der Waals surface area contributed by atoms with Crippen molar-refractivity contribution in [1.82, 2.24) is 5.32 Å². The van der Waals surface area contributed by atoms with Gasteiger partial charge in [-0.25, -0.2) is 0 Å². The minimum Gasteiger partial charge on any atom is -0.496 e. The van der Waals surface area contributed by atoms with Gasteiger partial charge in [0.1, 0.15) is 5.75 Å². The molecular formula is C15H25NOS. The molecule has 0 saturated heterocycles. The number of benzene rings is 1. The van der Waals surface area contributed by atoms with E-state index >= 15 is 0 Å². The van der Waals surface area contributed by atoms with Gasteiger partial charge in [-0.15, -0.1) is 0 Å². The number of ether oxygens (including phenoxy) is 1. The molecule has 1 unspecified atom stereocenters. The molecule has 0 fully saturated rings. The number of thioether (sulfide) groups is 1. The van der Waals surface area contributed by atoms with Crippen LogP contribution in [0.15, 0.2) is 24.3 Å². The van der Waals surface area contributed by atoms with Gasteiger partial charge < -0.3 is 10.1 Å². The Morgan fingerprint density at radius 3 is 2.78 bits per heavy atom. The topological polar surface area (TPSA) is 21.3 Å². The molecule has 0 aliphatic rings. The molecule has 0 spiro atoms. The number of rotatable bonds is 9. The van der Waals surface area contributed by atoms with E-state index in [0.29, 0.717) is 5.92 Å². The van der Waals surface area contributed by atoms with Crippen LogP contribution < -0.4 is 10.1 Å². The second-order valence-electron chi connectivity index (χ2n) is 4.57. The molecule has 1 N–H and O–H groups in total. The summed E-state index contributed by atoms with van der Waals surface area (Å²) in [6.45, 7) is 1.08. The molecule has 2 nitrogen and oxygen atoms in total. The summed E-state index contributed by atoms with van der Waals surface area (Å²) in [6.07, 6.45) is 5.84. The standard InChI is InChI=1S/C15H25NOS/c1-16-12-13(7-6-10-18-3)11-14-8-4-5-9-15(14)17-2/h4-5,8-9,13,16H,6-7,10-12H2,1-3H3. The second kappa shape index (κ2) is 9.29. The Morgan fingerprint density at radius 1 is 1.33 bits per heavy atom. The fourth-order valence-electron chi connectivity index (χ4n) is 2.26. The summed E-state index contributed by atoms with van der Waals surface area (Å²) in [5.41, 5.74) is 1.32. The third-order valence-electron chi connectivity index (χ3n) is 3.15. The first-order valence-corrected chi connectivity index (χ1v) is 7.96. The highest BCUT2D eigenvalue weighted by Gasteiger charge is 2.11. The molecule has 1 rings (SSSR count). The molecule has 0 aliphatic carbocycles. The van der Waals surface area contributed by atoms with Gasteiger partial charge in [-0.3, -0.25) is 0 Å². The van der Waals surface area contributed by atoms with Crippen molar-refractivity contribution in [3.63, 3.8) is 0 Å². The van der Waals surface area contributed by atoms with Crippen molar-refractivity contribution in [2.75, 3.05) is 32.7 Å². The van der Waals surface area contributed by atoms with Crippen molar-refractivity contribution in [3.05, 3.63) is 29.8 Å². The molecule has 0 radical (unpaired) electrons. The van der Waals surface area contributed by atoms with Gasteiger partial charge in [0.25, 0.3) is 0 Å². The zero-order chi connectivity index (χ0) is 13.2. The molecule has 0 heterocycles. The lowest BCUT2D eigenvalue weighted by molar-refractivity contribution is 0.397. The van der Waals surface area contributed by atoms with E-state index in [4.69, 9.17) is 4.74 Å². The highest BCUT2D eigenvalue weighted by Crippen LogP contribution is 2.23. The van der Waals surface area contributed by atoms with Crippen molar-refractivity contribution < 1.29 is 4.74 Å². The summed E-state index contributed by atoms with van der Waals surface area (Å²) in [7, 11) is 3.78. The average Bonchev–Trinajstić information content (AvgIpc) is 2.40. The minimum absolute atomic E-state index is 0.693. The number of hydrogen-bond acceptors (Lipinski definition) is 3. The first kappa shape index (κ1) is 15.4. The van der Waals surface area contributed by atoms with Gasteiger partial charge in [-0.05, 0) is 62.4 Å². The van der Waals surface area contributed by atoms with Crippen LogP contribution in [0.1, 0.15) is 18.4 Å². The Morgan fingerprint density at radius 2 is 2.11 bits per heavy atom. The van der Waals surface area contributed by atoms with Crippen LogP contribution in [-0.2, 0) is 6.42 Å². The number of methoxy groups -OCH3 is 1. The van der Waals surface area contributed by atoms with Crippen LogP contribution >= 0.6 is 11.8 Å². The maximum Gasteiger partial charge on any atom is 0.122 e. The summed E-state index contributed by atoms with van der Waals surface area (Å²) < 4.78 is 5.43. The van der Waals surface area contributed by atoms with Crippen LogP contribution in [0.25, 0.3) is 0 Å². The van der Waals surface area contributed by atoms with Gasteiger partial charge in [0.05, 0.1) is 7.11 Å². The molecule has 1 aromatic rings. The lowest BCUT2D eigenvalue weighted by atomic mass is 9.94. The fraction of sp³-hybridized carbons (Fsp3) is 0.600. The summed E-state index contributed by atoms with van der Waals surface area (Å²) in [6, 6.07) is 8.35. The van der Waals surface area contributed by atoms with E-state index in [1.54, 1.807) is 7.11 Å². The first-order valence-electron chi connectivity index (χ1n) is 6.57. The Hall–Kier alpha value is -0.670. The monoisotopic (exact) mass is 267 g/mol. The average molecular weight is 267 g/mol. The zero-order valence-electron chi connectivity index (χ0n) is 11.7. The summed E-state index contributed by atoms with van der Waals surface area (Å²) in [5, 5.41) is 3.30. The van der Waals surface area contributed by atoms with Crippen molar-refractivity contribution in [1.29, 1.82) is 0 Å². The van der Waals surface area contributed by atoms with Crippen LogP contribution in [0.2, 0.25) is 0 Å². The quantitative estimate of drug-likeness (QED) is 0.694. The number of hydrogen-bond donors (Lipinski definition) is 1. The van der Waals surface area contributed by atoms with Crippen LogP contribution in [-0.4, -0.2) is 32.7 Å².